The first-order chi connectivity index (χ1) is 9.43. The molecule has 0 aromatic heterocycles. The predicted octanol–water partition coefficient (Wildman–Crippen LogP) is 2.84. The Kier molecular flexibility index (Phi) is 6.51. The van der Waals surface area contributed by atoms with Crippen molar-refractivity contribution in [3.05, 3.63) is 34.3 Å². The number of rotatable bonds is 6. The Bertz CT molecular complexity index is 462. The van der Waals surface area contributed by atoms with Gasteiger partial charge in [0.15, 0.2) is 0 Å². The fourth-order valence-electron chi connectivity index (χ4n) is 1.68. The molecule has 1 atom stereocenters. The highest BCUT2D eigenvalue weighted by atomic mass is 79.9. The van der Waals surface area contributed by atoms with Crippen molar-refractivity contribution < 1.29 is 14.7 Å². The molecule has 5 nitrogen and oxygen atoms in total. The number of amides is 2. The number of carbonyl (C=O) groups is 2. The number of nitrogens with one attached hydrogen (secondary N) is 1. The summed E-state index contributed by atoms with van der Waals surface area (Å²) in [6.07, 6.45) is 0.707. The van der Waals surface area contributed by atoms with Crippen LogP contribution < -0.4 is 5.32 Å². The zero-order valence-corrected chi connectivity index (χ0v) is 13.2. The lowest BCUT2D eigenvalue weighted by molar-refractivity contribution is -0.138. The van der Waals surface area contributed by atoms with Crippen molar-refractivity contribution in [3.8, 4) is 0 Å². The Hall–Kier alpha value is -1.56. The molecule has 0 radical (unpaired) electrons. The maximum Gasteiger partial charge on any atom is 0.323 e. The van der Waals surface area contributed by atoms with Gasteiger partial charge in [-0.1, -0.05) is 35.0 Å². The summed E-state index contributed by atoms with van der Waals surface area (Å²) in [6.45, 7) is 3.84. The van der Waals surface area contributed by atoms with E-state index in [1.807, 2.05) is 38.1 Å². The molecule has 2 amide bonds. The van der Waals surface area contributed by atoms with E-state index >= 15 is 0 Å². The van der Waals surface area contributed by atoms with E-state index in [-0.39, 0.29) is 18.6 Å². The summed E-state index contributed by atoms with van der Waals surface area (Å²) >= 11 is 3.34. The predicted molar refractivity (Wildman–Crippen MR) is 80.5 cm³/mol. The molecule has 0 fully saturated rings. The molecule has 0 spiro atoms. The Labute approximate surface area is 127 Å². The van der Waals surface area contributed by atoms with Crippen LogP contribution >= 0.6 is 15.9 Å². The van der Waals surface area contributed by atoms with Gasteiger partial charge in [-0.05, 0) is 31.0 Å². The van der Waals surface area contributed by atoms with Crippen LogP contribution in [0.1, 0.15) is 25.8 Å². The summed E-state index contributed by atoms with van der Waals surface area (Å²) in [5, 5.41) is 11.6. The lowest BCUT2D eigenvalue weighted by Crippen LogP contribution is -2.47. The van der Waals surface area contributed by atoms with Crippen molar-refractivity contribution in [3.63, 3.8) is 0 Å². The van der Waals surface area contributed by atoms with Gasteiger partial charge < -0.3 is 15.3 Å². The molecule has 1 unspecified atom stereocenters. The minimum atomic E-state index is -1.01. The van der Waals surface area contributed by atoms with Crippen molar-refractivity contribution in [1.82, 2.24) is 10.2 Å². The van der Waals surface area contributed by atoms with Gasteiger partial charge in [0.2, 0.25) is 0 Å². The molecule has 6 heteroatoms. The molecule has 0 aliphatic heterocycles. The van der Waals surface area contributed by atoms with Gasteiger partial charge in [-0.2, -0.15) is 0 Å². The van der Waals surface area contributed by atoms with Gasteiger partial charge in [-0.3, -0.25) is 4.79 Å². The highest BCUT2D eigenvalue weighted by molar-refractivity contribution is 9.10. The SMILES string of the molecule is CCC(C)N(CC(=O)O)C(=O)NCc1ccc(Br)cc1. The van der Waals surface area contributed by atoms with Crippen LogP contribution in [0.2, 0.25) is 0 Å². The van der Waals surface area contributed by atoms with E-state index in [2.05, 4.69) is 21.2 Å². The number of carbonyl (C=O) groups excluding carboxylic acids is 1. The van der Waals surface area contributed by atoms with E-state index in [1.54, 1.807) is 0 Å². The zero-order valence-electron chi connectivity index (χ0n) is 11.6. The number of carboxylic acid groups (broad SMARTS) is 1. The van der Waals surface area contributed by atoms with Gasteiger partial charge in [0.05, 0.1) is 0 Å². The summed E-state index contributed by atoms with van der Waals surface area (Å²) in [5.74, 6) is -1.01. The second-order valence-electron chi connectivity index (χ2n) is 4.56. The summed E-state index contributed by atoms with van der Waals surface area (Å²) in [4.78, 5) is 24.2. The Morgan fingerprint density at radius 2 is 1.95 bits per heavy atom. The molecule has 0 heterocycles. The fourth-order valence-corrected chi connectivity index (χ4v) is 1.94. The van der Waals surface area contributed by atoms with Crippen molar-refractivity contribution in [1.29, 1.82) is 0 Å². The van der Waals surface area contributed by atoms with E-state index in [0.717, 1.165) is 10.0 Å². The Morgan fingerprint density at radius 3 is 2.45 bits per heavy atom. The third kappa shape index (κ3) is 5.21. The largest absolute Gasteiger partial charge is 0.480 e. The molecular weight excluding hydrogens is 324 g/mol. The van der Waals surface area contributed by atoms with Crippen LogP contribution in [0.25, 0.3) is 0 Å². The molecule has 0 aliphatic rings. The normalized spacial score (nSPS) is 11.8. The topological polar surface area (TPSA) is 69.6 Å². The number of urea groups is 1. The number of hydrogen-bond acceptors (Lipinski definition) is 2. The molecule has 2 N–H and O–H groups in total. The molecule has 1 rings (SSSR count). The average molecular weight is 343 g/mol. The van der Waals surface area contributed by atoms with Crippen molar-refractivity contribution >= 4 is 27.9 Å². The zero-order chi connectivity index (χ0) is 15.1. The number of carboxylic acids is 1. The van der Waals surface area contributed by atoms with Gasteiger partial charge in [-0.25, -0.2) is 4.79 Å². The van der Waals surface area contributed by atoms with Gasteiger partial charge in [0, 0.05) is 17.1 Å². The lowest BCUT2D eigenvalue weighted by Gasteiger charge is -2.27. The Morgan fingerprint density at radius 1 is 1.35 bits per heavy atom. The highest BCUT2D eigenvalue weighted by Crippen LogP contribution is 2.10. The van der Waals surface area contributed by atoms with Crippen LogP contribution in [0, 0.1) is 0 Å². The number of nitrogens with zero attached hydrogens (tertiary/aromatic N) is 1. The van der Waals surface area contributed by atoms with Crippen LogP contribution in [0.3, 0.4) is 0 Å². The third-order valence-corrected chi connectivity index (χ3v) is 3.58. The van der Waals surface area contributed by atoms with Gasteiger partial charge in [0.25, 0.3) is 0 Å². The molecule has 0 aliphatic carbocycles. The summed E-state index contributed by atoms with van der Waals surface area (Å²) in [6, 6.07) is 7.11. The van der Waals surface area contributed by atoms with E-state index in [9.17, 15) is 9.59 Å². The minimum Gasteiger partial charge on any atom is -0.480 e. The molecular formula is C14H19BrN2O3. The van der Waals surface area contributed by atoms with Crippen LogP contribution in [-0.2, 0) is 11.3 Å². The highest BCUT2D eigenvalue weighted by Gasteiger charge is 2.21. The second kappa shape index (κ2) is 7.89. The van der Waals surface area contributed by atoms with Gasteiger partial charge >= 0.3 is 12.0 Å². The van der Waals surface area contributed by atoms with E-state index in [1.165, 1.54) is 4.90 Å². The smallest absolute Gasteiger partial charge is 0.323 e. The van der Waals surface area contributed by atoms with Gasteiger partial charge in [0.1, 0.15) is 6.54 Å². The first kappa shape index (κ1) is 16.5. The quantitative estimate of drug-likeness (QED) is 0.835. The maximum absolute atomic E-state index is 12.1. The average Bonchev–Trinajstić information content (AvgIpc) is 2.42. The molecule has 0 bridgehead atoms. The van der Waals surface area contributed by atoms with Crippen molar-refractivity contribution in [2.45, 2.75) is 32.9 Å². The molecule has 0 saturated carbocycles. The van der Waals surface area contributed by atoms with Crippen LogP contribution in [-0.4, -0.2) is 34.6 Å². The monoisotopic (exact) mass is 342 g/mol. The molecule has 110 valence electrons. The molecule has 20 heavy (non-hydrogen) atoms. The number of halogens is 1. The first-order valence-electron chi connectivity index (χ1n) is 6.44. The first-order valence-corrected chi connectivity index (χ1v) is 7.24. The van der Waals surface area contributed by atoms with E-state index in [0.29, 0.717) is 13.0 Å². The molecule has 0 saturated heterocycles. The lowest BCUT2D eigenvalue weighted by atomic mass is 10.2. The van der Waals surface area contributed by atoms with Crippen molar-refractivity contribution in [2.75, 3.05) is 6.54 Å². The van der Waals surface area contributed by atoms with E-state index in [4.69, 9.17) is 5.11 Å². The summed E-state index contributed by atoms with van der Waals surface area (Å²) in [7, 11) is 0. The number of aliphatic carboxylic acids is 1. The summed E-state index contributed by atoms with van der Waals surface area (Å²) in [5.41, 5.74) is 0.959. The standard InChI is InChI=1S/C14H19BrN2O3/c1-3-10(2)17(9-13(18)19)14(20)16-8-11-4-6-12(15)7-5-11/h4-7,10H,3,8-9H2,1-2H3,(H,16,20)(H,18,19). The number of hydrogen-bond donors (Lipinski definition) is 2. The van der Waals surface area contributed by atoms with Gasteiger partial charge in [-0.15, -0.1) is 0 Å². The Balaban J connectivity index is 2.61. The van der Waals surface area contributed by atoms with Crippen LogP contribution in [0.5, 0.6) is 0 Å². The van der Waals surface area contributed by atoms with Crippen LogP contribution in [0.4, 0.5) is 4.79 Å². The fraction of sp³-hybridized carbons (Fsp3) is 0.429. The summed E-state index contributed by atoms with van der Waals surface area (Å²) < 4.78 is 0.972. The molecule has 1 aromatic carbocycles. The van der Waals surface area contributed by atoms with Crippen LogP contribution in [0.15, 0.2) is 28.7 Å². The third-order valence-electron chi connectivity index (χ3n) is 3.05. The number of benzene rings is 1. The second-order valence-corrected chi connectivity index (χ2v) is 5.48. The van der Waals surface area contributed by atoms with Crippen molar-refractivity contribution in [2.24, 2.45) is 0 Å². The maximum atomic E-state index is 12.1. The minimum absolute atomic E-state index is 0.115. The van der Waals surface area contributed by atoms with E-state index < -0.39 is 5.97 Å². The molecule has 1 aromatic rings.